The molecule has 1 aliphatic heterocycles. The van der Waals surface area contributed by atoms with Gasteiger partial charge in [0.1, 0.15) is 0 Å². The van der Waals surface area contributed by atoms with Gasteiger partial charge in [-0.1, -0.05) is 25.1 Å². The lowest BCUT2D eigenvalue weighted by molar-refractivity contribution is 0.0886. The van der Waals surface area contributed by atoms with Crippen molar-refractivity contribution in [1.29, 1.82) is 0 Å². The minimum atomic E-state index is -0.342. The number of benzene rings is 2. The molecule has 178 valence electrons. The van der Waals surface area contributed by atoms with Crippen molar-refractivity contribution in [2.45, 2.75) is 58.7 Å². The average Bonchev–Trinajstić information content (AvgIpc) is 2.80. The van der Waals surface area contributed by atoms with Crippen molar-refractivity contribution in [2.75, 3.05) is 20.8 Å². The Kier molecular flexibility index (Phi) is 7.84. The van der Waals surface area contributed by atoms with Gasteiger partial charge in [-0.05, 0) is 68.5 Å². The number of nitrogens with one attached hydrogen (secondary N) is 2. The van der Waals surface area contributed by atoms with Crippen molar-refractivity contribution >= 4 is 11.9 Å². The van der Waals surface area contributed by atoms with Gasteiger partial charge in [-0.3, -0.25) is 4.79 Å². The molecule has 2 atom stereocenters. The molecule has 1 heterocycles. The topological polar surface area (TPSA) is 79.9 Å². The molecule has 7 heteroatoms. The molecule has 1 aliphatic rings. The van der Waals surface area contributed by atoms with E-state index in [0.29, 0.717) is 36.4 Å². The summed E-state index contributed by atoms with van der Waals surface area (Å²) in [6.07, 6.45) is 1.35. The van der Waals surface area contributed by atoms with Crippen molar-refractivity contribution in [2.24, 2.45) is 0 Å². The Bertz CT molecular complexity index is 1010. The Morgan fingerprint density at radius 1 is 1.09 bits per heavy atom. The maximum absolute atomic E-state index is 13.2. The number of aryl methyl sites for hydroxylation is 1. The zero-order chi connectivity index (χ0) is 24.1. The van der Waals surface area contributed by atoms with Gasteiger partial charge in [-0.2, -0.15) is 0 Å². The van der Waals surface area contributed by atoms with E-state index in [1.54, 1.807) is 14.2 Å². The summed E-state index contributed by atoms with van der Waals surface area (Å²) in [6, 6.07) is 10.7. The molecule has 0 aliphatic carbocycles. The smallest absolute Gasteiger partial charge is 0.318 e. The molecule has 0 fully saturated rings. The number of methoxy groups -OCH3 is 2. The molecule has 2 aromatic rings. The second-order valence-corrected chi connectivity index (χ2v) is 8.70. The molecule has 0 saturated carbocycles. The lowest BCUT2D eigenvalue weighted by Crippen LogP contribution is -2.54. The highest BCUT2D eigenvalue weighted by molar-refractivity contribution is 5.95. The second-order valence-electron chi connectivity index (χ2n) is 8.70. The number of urea groups is 1. The minimum absolute atomic E-state index is 0.00610. The number of carbonyl (C=O) groups excluding carboxylic acids is 2. The maximum atomic E-state index is 13.2. The fraction of sp³-hybridized carbons (Fsp3) is 0.462. The molecule has 0 spiro atoms. The maximum Gasteiger partial charge on any atom is 0.318 e. The predicted molar refractivity (Wildman–Crippen MR) is 129 cm³/mol. The van der Waals surface area contributed by atoms with Gasteiger partial charge in [0.25, 0.3) is 5.91 Å². The fourth-order valence-corrected chi connectivity index (χ4v) is 4.45. The highest BCUT2D eigenvalue weighted by Crippen LogP contribution is 2.40. The van der Waals surface area contributed by atoms with E-state index in [1.807, 2.05) is 69.0 Å². The van der Waals surface area contributed by atoms with E-state index in [9.17, 15) is 9.59 Å². The second kappa shape index (κ2) is 10.6. The molecule has 0 aromatic heterocycles. The molecule has 2 N–H and O–H groups in total. The number of nitrogens with zero attached hydrogens (tertiary/aromatic N) is 1. The first kappa shape index (κ1) is 24.4. The van der Waals surface area contributed by atoms with Crippen molar-refractivity contribution in [1.82, 2.24) is 15.5 Å². The van der Waals surface area contributed by atoms with E-state index in [1.165, 1.54) is 0 Å². The summed E-state index contributed by atoms with van der Waals surface area (Å²) in [5.74, 6) is 1.12. The van der Waals surface area contributed by atoms with Gasteiger partial charge >= 0.3 is 6.03 Å². The molecule has 0 radical (unpaired) electrons. The number of hydrogen-bond donors (Lipinski definition) is 2. The Balaban J connectivity index is 2.04. The summed E-state index contributed by atoms with van der Waals surface area (Å²) in [5, 5.41) is 6.22. The van der Waals surface area contributed by atoms with Crippen LogP contribution in [0.15, 0.2) is 36.4 Å². The van der Waals surface area contributed by atoms with E-state index in [0.717, 1.165) is 16.7 Å². The van der Waals surface area contributed by atoms with Gasteiger partial charge in [-0.25, -0.2) is 4.79 Å². The van der Waals surface area contributed by atoms with Crippen LogP contribution in [0.25, 0.3) is 0 Å². The van der Waals surface area contributed by atoms with Crippen LogP contribution in [0, 0.1) is 6.92 Å². The summed E-state index contributed by atoms with van der Waals surface area (Å²) >= 11 is 0. The Hall–Kier alpha value is -3.22. The first-order valence-electron chi connectivity index (χ1n) is 11.5. The van der Waals surface area contributed by atoms with Crippen LogP contribution in [0.1, 0.15) is 60.3 Å². The lowest BCUT2D eigenvalue weighted by atomic mass is 9.86. The van der Waals surface area contributed by atoms with Crippen LogP contribution in [0.4, 0.5) is 4.79 Å². The van der Waals surface area contributed by atoms with Gasteiger partial charge < -0.3 is 25.0 Å². The van der Waals surface area contributed by atoms with Crippen LogP contribution in [0.5, 0.6) is 11.5 Å². The summed E-state index contributed by atoms with van der Waals surface area (Å²) < 4.78 is 11.1. The van der Waals surface area contributed by atoms with E-state index < -0.39 is 0 Å². The third kappa shape index (κ3) is 5.24. The zero-order valence-corrected chi connectivity index (χ0v) is 20.4. The summed E-state index contributed by atoms with van der Waals surface area (Å²) in [5.41, 5.74) is 3.61. The number of amides is 3. The fourth-order valence-electron chi connectivity index (χ4n) is 4.45. The molecular weight excluding hydrogens is 418 g/mol. The summed E-state index contributed by atoms with van der Waals surface area (Å²) in [6.45, 7) is 8.37. The Morgan fingerprint density at radius 2 is 1.76 bits per heavy atom. The predicted octanol–water partition coefficient (Wildman–Crippen LogP) is 4.24. The van der Waals surface area contributed by atoms with Gasteiger partial charge in [0.05, 0.1) is 26.3 Å². The lowest BCUT2D eigenvalue weighted by Gasteiger charge is -2.42. The number of carbonyl (C=O) groups is 2. The van der Waals surface area contributed by atoms with E-state index in [2.05, 4.69) is 10.6 Å². The Labute approximate surface area is 196 Å². The van der Waals surface area contributed by atoms with Crippen molar-refractivity contribution in [3.05, 3.63) is 58.7 Å². The third-order valence-corrected chi connectivity index (χ3v) is 6.12. The number of hydrogen-bond acceptors (Lipinski definition) is 4. The first-order valence-corrected chi connectivity index (χ1v) is 11.5. The largest absolute Gasteiger partial charge is 0.493 e. The Morgan fingerprint density at radius 3 is 2.36 bits per heavy atom. The average molecular weight is 454 g/mol. The number of fused-ring (bicyclic) bond motifs is 1. The molecule has 0 bridgehead atoms. The minimum Gasteiger partial charge on any atom is -0.493 e. The van der Waals surface area contributed by atoms with Gasteiger partial charge in [0.2, 0.25) is 0 Å². The third-order valence-electron chi connectivity index (χ3n) is 6.12. The molecular formula is C26H35N3O4. The molecule has 33 heavy (non-hydrogen) atoms. The van der Waals surface area contributed by atoms with Gasteiger partial charge in [0.15, 0.2) is 11.5 Å². The molecule has 0 saturated heterocycles. The molecule has 2 unspecified atom stereocenters. The summed E-state index contributed by atoms with van der Waals surface area (Å²) in [4.78, 5) is 28.2. The summed E-state index contributed by atoms with van der Waals surface area (Å²) in [7, 11) is 3.22. The molecule has 3 amide bonds. The van der Waals surface area contributed by atoms with Gasteiger partial charge in [0, 0.05) is 18.2 Å². The van der Waals surface area contributed by atoms with Crippen molar-refractivity contribution in [3.63, 3.8) is 0 Å². The standard InChI is InChI=1S/C26H35N3O4/c1-7-21(28-25(30)19-11-9-8-10-17(19)4)24-20-15-23(33-6)22(32-5)14-18(20)12-13-29(24)26(31)27-16(2)3/h8-11,14-16,21,24H,7,12-13H2,1-6H3,(H,27,31)(H,28,30). The van der Waals surface area contributed by atoms with Crippen LogP contribution in [0.2, 0.25) is 0 Å². The zero-order valence-electron chi connectivity index (χ0n) is 20.4. The number of ether oxygens (including phenoxy) is 2. The SMILES string of the molecule is CCC(NC(=O)c1ccccc1C)C1c2cc(OC)c(OC)cc2CCN1C(=O)NC(C)C. The van der Waals surface area contributed by atoms with Crippen LogP contribution in [0.3, 0.4) is 0 Å². The molecule has 2 aromatic carbocycles. The highest BCUT2D eigenvalue weighted by atomic mass is 16.5. The monoisotopic (exact) mass is 453 g/mol. The molecule has 3 rings (SSSR count). The van der Waals surface area contributed by atoms with E-state index in [-0.39, 0.29) is 30.1 Å². The van der Waals surface area contributed by atoms with E-state index >= 15 is 0 Å². The van der Waals surface area contributed by atoms with Crippen LogP contribution < -0.4 is 20.1 Å². The van der Waals surface area contributed by atoms with Crippen molar-refractivity contribution < 1.29 is 19.1 Å². The van der Waals surface area contributed by atoms with Crippen LogP contribution in [-0.4, -0.2) is 49.7 Å². The quantitative estimate of drug-likeness (QED) is 0.657. The first-order chi connectivity index (χ1) is 15.8. The number of rotatable bonds is 7. The highest BCUT2D eigenvalue weighted by Gasteiger charge is 2.37. The van der Waals surface area contributed by atoms with E-state index in [4.69, 9.17) is 9.47 Å². The molecule has 7 nitrogen and oxygen atoms in total. The van der Waals surface area contributed by atoms with Gasteiger partial charge in [-0.15, -0.1) is 0 Å². The van der Waals surface area contributed by atoms with Crippen molar-refractivity contribution in [3.8, 4) is 11.5 Å². The van der Waals surface area contributed by atoms with Crippen LogP contribution >= 0.6 is 0 Å². The van der Waals surface area contributed by atoms with Crippen LogP contribution in [-0.2, 0) is 6.42 Å². The normalized spacial score (nSPS) is 16.1.